The van der Waals surface area contributed by atoms with Gasteiger partial charge in [0.25, 0.3) is 0 Å². The summed E-state index contributed by atoms with van der Waals surface area (Å²) in [7, 11) is 1.67. The van der Waals surface area contributed by atoms with Crippen molar-refractivity contribution in [2.45, 2.75) is 138 Å². The maximum absolute atomic E-state index is 6.28. The maximum Gasteiger partial charge on any atom is 0.161 e. The van der Waals surface area contributed by atoms with Gasteiger partial charge in [0.05, 0.1) is 79.5 Å². The van der Waals surface area contributed by atoms with Crippen LogP contribution in [0.3, 0.4) is 0 Å². The van der Waals surface area contributed by atoms with E-state index in [0.717, 1.165) is 96.3 Å². The number of aromatic nitrogens is 6. The van der Waals surface area contributed by atoms with E-state index in [9.17, 15) is 0 Å². The maximum atomic E-state index is 6.28. The van der Waals surface area contributed by atoms with Crippen LogP contribution in [0.25, 0.3) is 33.1 Å². The monoisotopic (exact) mass is 1120 g/mol. The first-order valence-electron chi connectivity index (χ1n) is 30.9. The Balaban J connectivity index is 0.000000139. The van der Waals surface area contributed by atoms with Gasteiger partial charge in [0.2, 0.25) is 0 Å². The molecule has 0 saturated carbocycles. The van der Waals surface area contributed by atoms with E-state index in [1.165, 1.54) is 136 Å². The van der Waals surface area contributed by atoms with Crippen molar-refractivity contribution in [3.05, 3.63) is 173 Å². The number of fused-ring (bicyclic) bond motifs is 3. The number of aryl methyl sites for hydroxylation is 3. The summed E-state index contributed by atoms with van der Waals surface area (Å²) in [6, 6.07) is 45.9. The molecule has 6 aromatic carbocycles. The average Bonchev–Trinajstić information content (AvgIpc) is 4.40. The Morgan fingerprint density at radius 2 is 0.795 bits per heavy atom. The first-order valence-corrected chi connectivity index (χ1v) is 30.9. The third-order valence-corrected chi connectivity index (χ3v) is 16.6. The highest BCUT2D eigenvalue weighted by atomic mass is 16.5. The predicted octanol–water partition coefficient (Wildman–Crippen LogP) is 14.4. The average molecular weight is 1120 g/mol. The zero-order valence-corrected chi connectivity index (χ0v) is 50.4. The van der Waals surface area contributed by atoms with Gasteiger partial charge in [-0.2, -0.15) is 0 Å². The van der Waals surface area contributed by atoms with Gasteiger partial charge < -0.3 is 32.6 Å². The van der Waals surface area contributed by atoms with Crippen LogP contribution in [-0.4, -0.2) is 110 Å². The molecule has 0 unspecified atom stereocenters. The molecule has 9 aromatic rings. The fourth-order valence-electron chi connectivity index (χ4n) is 12.2. The van der Waals surface area contributed by atoms with Crippen LogP contribution in [0, 0.1) is 20.8 Å². The molecule has 12 rings (SSSR count). The number of methoxy groups -OCH3 is 1. The summed E-state index contributed by atoms with van der Waals surface area (Å²) in [6.45, 7) is 24.9. The SMILES string of the molecule is COc1ccccc1OCCn1c(CN2CCCCC2)nc2ccccc21.Cc1ccc(C(C)C)c(OCCn2c(CN3CCCCC3)nc3ccccc32)c1.Cc1cccc(C)c1OCCn1c(CN2CCCCC2)nc2ccccc21. The van der Waals surface area contributed by atoms with Gasteiger partial charge in [-0.05, 0) is 181 Å². The van der Waals surface area contributed by atoms with E-state index in [2.05, 4.69) is 172 Å². The molecule has 13 nitrogen and oxygen atoms in total. The van der Waals surface area contributed by atoms with E-state index in [1.807, 2.05) is 24.3 Å². The van der Waals surface area contributed by atoms with Crippen LogP contribution in [0.1, 0.15) is 117 Å². The number of para-hydroxylation sites is 9. The van der Waals surface area contributed by atoms with Crippen molar-refractivity contribution in [1.82, 2.24) is 43.4 Å². The summed E-state index contributed by atoms with van der Waals surface area (Å²) in [6.07, 6.45) is 11.8. The lowest BCUT2D eigenvalue weighted by atomic mass is 10.0. The van der Waals surface area contributed by atoms with Crippen LogP contribution < -0.4 is 18.9 Å². The lowest BCUT2D eigenvalue weighted by Gasteiger charge is -2.26. The third kappa shape index (κ3) is 15.5. The van der Waals surface area contributed by atoms with Crippen LogP contribution in [-0.2, 0) is 39.3 Å². The number of benzene rings is 6. The highest BCUT2D eigenvalue weighted by Gasteiger charge is 2.21. The molecule has 3 fully saturated rings. The second-order valence-corrected chi connectivity index (χ2v) is 23.1. The molecule has 6 heterocycles. The molecular weight excluding hydrogens is 1030 g/mol. The number of ether oxygens (including phenoxy) is 4. The summed E-state index contributed by atoms with van der Waals surface area (Å²) >= 11 is 0. The lowest BCUT2D eigenvalue weighted by molar-refractivity contribution is 0.211. The quantitative estimate of drug-likeness (QED) is 0.0733. The molecule has 3 aromatic heterocycles. The van der Waals surface area contributed by atoms with Crippen LogP contribution in [0.4, 0.5) is 0 Å². The third-order valence-electron chi connectivity index (χ3n) is 16.6. The van der Waals surface area contributed by atoms with Gasteiger partial charge in [-0.1, -0.05) is 112 Å². The van der Waals surface area contributed by atoms with E-state index in [1.54, 1.807) is 7.11 Å². The standard InChI is InChI=1S/C25H33N3O.C23H29N3O.C22H27N3O2/c1-19(2)21-12-11-20(3)17-24(21)29-16-15-28-23-10-6-5-9-22(23)26-25(28)18-27-13-7-4-8-14-27;1-18-9-8-10-19(2)23(18)27-16-15-26-21-12-5-4-11-20(21)24-22(26)17-25-13-6-3-7-14-25;1-26-20-11-5-6-12-21(20)27-16-15-25-19-10-4-3-9-18(19)23-22(25)17-24-13-7-2-8-14-24/h5-6,9-12,17,19H,4,7-8,13-16,18H2,1-3H3;4-5,8-12H,3,6-7,13-17H2,1-2H3;3-6,9-12H,2,7-8,13-17H2,1H3. The highest BCUT2D eigenvalue weighted by Crippen LogP contribution is 2.30. The molecule has 13 heteroatoms. The Labute approximate surface area is 493 Å². The van der Waals surface area contributed by atoms with Gasteiger partial charge in [-0.15, -0.1) is 0 Å². The topological polar surface area (TPSA) is 100 Å². The Morgan fingerprint density at radius 3 is 1.22 bits per heavy atom. The van der Waals surface area contributed by atoms with Crippen LogP contribution in [0.2, 0.25) is 0 Å². The van der Waals surface area contributed by atoms with Crippen molar-refractivity contribution in [1.29, 1.82) is 0 Å². The van der Waals surface area contributed by atoms with Crippen molar-refractivity contribution in [3.63, 3.8) is 0 Å². The Kier molecular flexibility index (Phi) is 20.9. The first-order chi connectivity index (χ1) is 40.7. The fourth-order valence-corrected chi connectivity index (χ4v) is 12.2. The number of nitrogens with zero attached hydrogens (tertiary/aromatic N) is 9. The van der Waals surface area contributed by atoms with Crippen molar-refractivity contribution < 1.29 is 18.9 Å². The van der Waals surface area contributed by atoms with Gasteiger partial charge in [-0.25, -0.2) is 15.0 Å². The molecule has 3 saturated heterocycles. The molecule has 0 amide bonds. The van der Waals surface area contributed by atoms with Crippen LogP contribution in [0.15, 0.2) is 133 Å². The molecule has 3 aliphatic rings. The molecule has 0 bridgehead atoms. The second kappa shape index (κ2) is 29.4. The first kappa shape index (κ1) is 59.0. The largest absolute Gasteiger partial charge is 0.493 e. The van der Waals surface area contributed by atoms with Crippen molar-refractivity contribution in [3.8, 4) is 23.0 Å². The summed E-state index contributed by atoms with van der Waals surface area (Å²) in [5.74, 6) is 7.47. The van der Waals surface area contributed by atoms with E-state index >= 15 is 0 Å². The van der Waals surface area contributed by atoms with Crippen molar-refractivity contribution in [2.24, 2.45) is 0 Å². The van der Waals surface area contributed by atoms with Crippen molar-refractivity contribution in [2.75, 3.05) is 66.2 Å². The molecule has 0 N–H and O–H groups in total. The summed E-state index contributed by atoms with van der Waals surface area (Å²) in [5, 5.41) is 0. The number of piperidine rings is 3. The number of imidazole rings is 3. The van der Waals surface area contributed by atoms with Gasteiger partial charge >= 0.3 is 0 Å². The summed E-state index contributed by atoms with van der Waals surface area (Å²) in [4.78, 5) is 22.4. The molecule has 0 spiro atoms. The van der Waals surface area contributed by atoms with E-state index < -0.39 is 0 Å². The molecule has 83 heavy (non-hydrogen) atoms. The minimum Gasteiger partial charge on any atom is -0.493 e. The normalized spacial score (nSPS) is 15.3. The number of hydrogen-bond acceptors (Lipinski definition) is 10. The smallest absolute Gasteiger partial charge is 0.161 e. The lowest BCUT2D eigenvalue weighted by Crippen LogP contribution is -2.30. The summed E-state index contributed by atoms with van der Waals surface area (Å²) in [5.41, 5.74) is 11.7. The Morgan fingerprint density at radius 1 is 0.410 bits per heavy atom. The number of likely N-dealkylation sites (tertiary alicyclic amines) is 3. The van der Waals surface area contributed by atoms with Crippen LogP contribution in [0.5, 0.6) is 23.0 Å². The van der Waals surface area contributed by atoms with Crippen molar-refractivity contribution >= 4 is 33.1 Å². The molecule has 438 valence electrons. The predicted molar refractivity (Wildman–Crippen MR) is 337 cm³/mol. The Hall–Kier alpha value is -7.19. The van der Waals surface area contributed by atoms with E-state index in [4.69, 9.17) is 33.9 Å². The molecule has 0 radical (unpaired) electrons. The van der Waals surface area contributed by atoms with E-state index in [0.29, 0.717) is 25.7 Å². The van der Waals surface area contributed by atoms with E-state index in [-0.39, 0.29) is 0 Å². The minimum atomic E-state index is 0.453. The molecule has 3 aliphatic heterocycles. The zero-order valence-electron chi connectivity index (χ0n) is 50.4. The van der Waals surface area contributed by atoms with Gasteiger partial charge in [0.15, 0.2) is 11.5 Å². The Bertz CT molecular complexity index is 3450. The number of rotatable bonds is 20. The number of hydrogen-bond donors (Lipinski definition) is 0. The van der Waals surface area contributed by atoms with Gasteiger partial charge in [0.1, 0.15) is 48.8 Å². The van der Waals surface area contributed by atoms with Crippen LogP contribution >= 0.6 is 0 Å². The highest BCUT2D eigenvalue weighted by molar-refractivity contribution is 5.77. The van der Waals surface area contributed by atoms with Gasteiger partial charge in [-0.3, -0.25) is 14.7 Å². The molecular formula is C70H89N9O4. The summed E-state index contributed by atoms with van der Waals surface area (Å²) < 4.78 is 30.8. The van der Waals surface area contributed by atoms with Gasteiger partial charge in [0, 0.05) is 0 Å². The minimum absolute atomic E-state index is 0.453. The second-order valence-electron chi connectivity index (χ2n) is 23.1. The zero-order chi connectivity index (χ0) is 57.3. The molecule has 0 aliphatic carbocycles. The molecule has 0 atom stereocenters. The fraction of sp³-hybridized carbons (Fsp3) is 0.443.